The van der Waals surface area contributed by atoms with E-state index in [1.165, 1.54) is 18.4 Å². The van der Waals surface area contributed by atoms with Gasteiger partial charge in [0.15, 0.2) is 0 Å². The van der Waals surface area contributed by atoms with Crippen LogP contribution in [0.5, 0.6) is 0 Å². The normalized spacial score (nSPS) is 26.7. The first-order chi connectivity index (χ1) is 8.29. The first-order valence-corrected chi connectivity index (χ1v) is 6.66. The molecule has 0 bridgehead atoms. The van der Waals surface area contributed by atoms with E-state index in [0.29, 0.717) is 12.1 Å². The van der Waals surface area contributed by atoms with Crippen molar-refractivity contribution in [3.05, 3.63) is 30.1 Å². The molecule has 1 aliphatic heterocycles. The molecule has 1 aromatic rings. The van der Waals surface area contributed by atoms with Gasteiger partial charge in [0.1, 0.15) is 0 Å². The van der Waals surface area contributed by atoms with Gasteiger partial charge in [-0.25, -0.2) is 0 Å². The summed E-state index contributed by atoms with van der Waals surface area (Å²) in [7, 11) is 0. The van der Waals surface area contributed by atoms with Crippen LogP contribution in [-0.4, -0.2) is 35.1 Å². The third-order valence-corrected chi connectivity index (χ3v) is 3.70. The molecular weight excluding hydrogens is 210 g/mol. The van der Waals surface area contributed by atoms with E-state index in [0.717, 1.165) is 19.6 Å². The number of rotatable bonds is 3. The van der Waals surface area contributed by atoms with E-state index in [-0.39, 0.29) is 0 Å². The summed E-state index contributed by atoms with van der Waals surface area (Å²) in [5.74, 6) is 0. The molecule has 2 atom stereocenters. The molecule has 3 heteroatoms. The van der Waals surface area contributed by atoms with Gasteiger partial charge in [-0.1, -0.05) is 6.92 Å². The van der Waals surface area contributed by atoms with Gasteiger partial charge >= 0.3 is 0 Å². The van der Waals surface area contributed by atoms with Crippen molar-refractivity contribution >= 4 is 0 Å². The molecule has 2 rings (SSSR count). The summed E-state index contributed by atoms with van der Waals surface area (Å²) < 4.78 is 0. The van der Waals surface area contributed by atoms with Crippen LogP contribution in [0, 0.1) is 0 Å². The first-order valence-electron chi connectivity index (χ1n) is 6.66. The van der Waals surface area contributed by atoms with Crippen LogP contribution in [-0.2, 0) is 6.54 Å². The highest BCUT2D eigenvalue weighted by Crippen LogP contribution is 2.14. The van der Waals surface area contributed by atoms with Crippen molar-refractivity contribution in [3.63, 3.8) is 0 Å². The Bertz CT molecular complexity index is 325. The predicted octanol–water partition coefficient (Wildman–Crippen LogP) is 2.04. The lowest BCUT2D eigenvalue weighted by Crippen LogP contribution is -2.39. The summed E-state index contributed by atoms with van der Waals surface area (Å²) in [5, 5.41) is 3.62. The van der Waals surface area contributed by atoms with E-state index >= 15 is 0 Å². The molecule has 1 aliphatic rings. The van der Waals surface area contributed by atoms with E-state index in [9.17, 15) is 0 Å². The van der Waals surface area contributed by atoms with Crippen molar-refractivity contribution in [3.8, 4) is 0 Å². The molecule has 2 unspecified atom stereocenters. The minimum Gasteiger partial charge on any atom is -0.313 e. The van der Waals surface area contributed by atoms with Crippen LogP contribution < -0.4 is 5.32 Å². The fourth-order valence-corrected chi connectivity index (χ4v) is 2.42. The minimum atomic E-state index is 0.641. The first kappa shape index (κ1) is 12.5. The molecule has 94 valence electrons. The maximum atomic E-state index is 4.08. The van der Waals surface area contributed by atoms with Crippen molar-refractivity contribution in [1.29, 1.82) is 0 Å². The zero-order valence-corrected chi connectivity index (χ0v) is 10.9. The number of hydrogen-bond donors (Lipinski definition) is 1. The molecule has 2 heterocycles. The second-order valence-electron chi connectivity index (χ2n) is 4.98. The average molecular weight is 233 g/mol. The van der Waals surface area contributed by atoms with Crippen LogP contribution in [0.15, 0.2) is 24.5 Å². The van der Waals surface area contributed by atoms with Crippen LogP contribution in [0.1, 0.15) is 32.3 Å². The maximum absolute atomic E-state index is 4.08. The van der Waals surface area contributed by atoms with Gasteiger partial charge in [0.05, 0.1) is 0 Å². The molecule has 1 saturated heterocycles. The molecule has 3 nitrogen and oxygen atoms in total. The molecule has 0 aromatic carbocycles. The van der Waals surface area contributed by atoms with Crippen molar-refractivity contribution in [1.82, 2.24) is 15.2 Å². The summed E-state index contributed by atoms with van der Waals surface area (Å²) in [6, 6.07) is 5.53. The van der Waals surface area contributed by atoms with Crippen LogP contribution >= 0.6 is 0 Å². The number of nitrogens with zero attached hydrogens (tertiary/aromatic N) is 2. The zero-order chi connectivity index (χ0) is 12.1. The van der Waals surface area contributed by atoms with E-state index in [1.807, 2.05) is 12.4 Å². The van der Waals surface area contributed by atoms with E-state index in [1.54, 1.807) is 0 Å². The number of aromatic nitrogens is 1. The Morgan fingerprint density at radius 1 is 1.41 bits per heavy atom. The largest absolute Gasteiger partial charge is 0.313 e. The summed E-state index contributed by atoms with van der Waals surface area (Å²) in [4.78, 5) is 6.66. The Labute approximate surface area is 104 Å². The van der Waals surface area contributed by atoms with Gasteiger partial charge in [-0.15, -0.1) is 0 Å². The van der Waals surface area contributed by atoms with E-state index < -0.39 is 0 Å². The quantitative estimate of drug-likeness (QED) is 0.866. The Morgan fingerprint density at radius 3 is 2.88 bits per heavy atom. The Balaban J connectivity index is 2.01. The van der Waals surface area contributed by atoms with Crippen molar-refractivity contribution in [2.75, 3.05) is 13.1 Å². The van der Waals surface area contributed by atoms with E-state index in [2.05, 4.69) is 41.2 Å². The highest BCUT2D eigenvalue weighted by Gasteiger charge is 2.21. The molecule has 0 amide bonds. The fraction of sp³-hybridized carbons (Fsp3) is 0.643. The molecule has 1 N–H and O–H groups in total. The number of hydrogen-bond acceptors (Lipinski definition) is 3. The topological polar surface area (TPSA) is 28.2 Å². The Kier molecular flexibility index (Phi) is 4.51. The van der Waals surface area contributed by atoms with Crippen molar-refractivity contribution < 1.29 is 0 Å². The molecule has 1 fully saturated rings. The lowest BCUT2D eigenvalue weighted by atomic mass is 10.1. The molecule has 0 radical (unpaired) electrons. The van der Waals surface area contributed by atoms with Gasteiger partial charge in [0, 0.05) is 37.6 Å². The predicted molar refractivity (Wildman–Crippen MR) is 70.8 cm³/mol. The molecule has 0 spiro atoms. The zero-order valence-electron chi connectivity index (χ0n) is 10.9. The minimum absolute atomic E-state index is 0.641. The van der Waals surface area contributed by atoms with Gasteiger partial charge < -0.3 is 5.32 Å². The lowest BCUT2D eigenvalue weighted by molar-refractivity contribution is 0.194. The van der Waals surface area contributed by atoms with Gasteiger partial charge in [-0.3, -0.25) is 9.88 Å². The van der Waals surface area contributed by atoms with Gasteiger partial charge in [0.2, 0.25) is 0 Å². The van der Waals surface area contributed by atoms with Crippen LogP contribution in [0.3, 0.4) is 0 Å². The molecule has 0 saturated carbocycles. The third-order valence-electron chi connectivity index (χ3n) is 3.70. The summed E-state index contributed by atoms with van der Waals surface area (Å²) >= 11 is 0. The van der Waals surface area contributed by atoms with E-state index in [4.69, 9.17) is 0 Å². The van der Waals surface area contributed by atoms with Crippen molar-refractivity contribution in [2.45, 2.75) is 45.3 Å². The maximum Gasteiger partial charge on any atom is 0.0271 e. The summed E-state index contributed by atoms with van der Waals surface area (Å²) in [6.45, 7) is 7.94. The van der Waals surface area contributed by atoms with Gasteiger partial charge in [-0.2, -0.15) is 0 Å². The standard InChI is InChI=1S/C14H23N3/c1-3-14-11-17(12(2)4-9-16-14)10-13-5-7-15-8-6-13/h5-8,12,14,16H,3-4,9-11H2,1-2H3. The monoisotopic (exact) mass is 233 g/mol. The van der Waals surface area contributed by atoms with Crippen LogP contribution in [0.4, 0.5) is 0 Å². The summed E-state index contributed by atoms with van der Waals surface area (Å²) in [6.07, 6.45) is 6.21. The molecule has 0 aliphatic carbocycles. The highest BCUT2D eigenvalue weighted by atomic mass is 15.2. The molecular formula is C14H23N3. The molecule has 17 heavy (non-hydrogen) atoms. The molecule has 1 aromatic heterocycles. The smallest absolute Gasteiger partial charge is 0.0271 e. The average Bonchev–Trinajstić information content (AvgIpc) is 2.53. The van der Waals surface area contributed by atoms with Crippen LogP contribution in [0.25, 0.3) is 0 Å². The van der Waals surface area contributed by atoms with Crippen molar-refractivity contribution in [2.24, 2.45) is 0 Å². The van der Waals surface area contributed by atoms with Gasteiger partial charge in [-0.05, 0) is 44.0 Å². The fourth-order valence-electron chi connectivity index (χ4n) is 2.42. The SMILES string of the molecule is CCC1CN(Cc2ccncc2)C(C)CCN1. The second kappa shape index (κ2) is 6.12. The Hall–Kier alpha value is -0.930. The number of pyridine rings is 1. The number of nitrogens with one attached hydrogen (secondary N) is 1. The third kappa shape index (κ3) is 3.51. The lowest BCUT2D eigenvalue weighted by Gasteiger charge is -2.28. The second-order valence-corrected chi connectivity index (χ2v) is 4.98. The van der Waals surface area contributed by atoms with Crippen LogP contribution in [0.2, 0.25) is 0 Å². The highest BCUT2D eigenvalue weighted by molar-refractivity contribution is 5.09. The summed E-state index contributed by atoms with van der Waals surface area (Å²) in [5.41, 5.74) is 1.36. The van der Waals surface area contributed by atoms with Gasteiger partial charge in [0.25, 0.3) is 0 Å². The Morgan fingerprint density at radius 2 is 2.18 bits per heavy atom.